The van der Waals surface area contributed by atoms with Crippen LogP contribution >= 0.6 is 11.6 Å². The van der Waals surface area contributed by atoms with Crippen molar-refractivity contribution in [2.75, 3.05) is 0 Å². The van der Waals surface area contributed by atoms with E-state index in [1.807, 2.05) is 0 Å². The van der Waals surface area contributed by atoms with Crippen LogP contribution in [0.15, 0.2) is 11.6 Å². The number of ketones is 1. The molecule has 1 fully saturated rings. The van der Waals surface area contributed by atoms with Crippen molar-refractivity contribution >= 4 is 17.4 Å². The standard InChI is InChI=1S/C7H9ClO/c1-4(8)6-3-7(6)5(2)9/h6-7H,1,3H2,2H3. The molecular formula is C7H9ClO. The normalized spacial score (nSPS) is 31.8. The number of carbonyl (C=O) groups is 1. The maximum absolute atomic E-state index is 10.6. The van der Waals surface area contributed by atoms with E-state index in [-0.39, 0.29) is 17.6 Å². The van der Waals surface area contributed by atoms with Gasteiger partial charge in [-0.25, -0.2) is 0 Å². The highest BCUT2D eigenvalue weighted by Gasteiger charge is 2.41. The summed E-state index contributed by atoms with van der Waals surface area (Å²) in [6.07, 6.45) is 0.914. The van der Waals surface area contributed by atoms with Crippen molar-refractivity contribution < 1.29 is 4.79 Å². The van der Waals surface area contributed by atoms with Gasteiger partial charge < -0.3 is 0 Å². The van der Waals surface area contributed by atoms with Crippen LogP contribution < -0.4 is 0 Å². The Morgan fingerprint density at radius 2 is 2.22 bits per heavy atom. The van der Waals surface area contributed by atoms with Crippen LogP contribution in [0.25, 0.3) is 0 Å². The lowest BCUT2D eigenvalue weighted by molar-refractivity contribution is -0.118. The predicted octanol–water partition coefficient (Wildman–Crippen LogP) is 1.96. The van der Waals surface area contributed by atoms with Crippen molar-refractivity contribution in [2.24, 2.45) is 11.8 Å². The van der Waals surface area contributed by atoms with Crippen LogP contribution in [0.1, 0.15) is 13.3 Å². The summed E-state index contributed by atoms with van der Waals surface area (Å²) in [6, 6.07) is 0. The zero-order valence-corrected chi connectivity index (χ0v) is 6.11. The molecule has 0 aromatic rings. The molecule has 0 amide bonds. The van der Waals surface area contributed by atoms with Crippen LogP contribution in [0.5, 0.6) is 0 Å². The molecule has 1 saturated carbocycles. The molecule has 2 atom stereocenters. The third-order valence-corrected chi connectivity index (χ3v) is 2.00. The quantitative estimate of drug-likeness (QED) is 0.579. The average Bonchev–Trinajstić information content (AvgIpc) is 2.39. The van der Waals surface area contributed by atoms with Gasteiger partial charge in [0.05, 0.1) is 0 Å². The molecule has 0 bridgehead atoms. The Labute approximate surface area is 59.7 Å². The molecule has 2 heteroatoms. The van der Waals surface area contributed by atoms with Crippen molar-refractivity contribution in [1.82, 2.24) is 0 Å². The molecule has 1 rings (SSSR count). The molecule has 1 aliphatic rings. The number of halogens is 1. The SMILES string of the molecule is C=C(Cl)C1CC1C(C)=O. The minimum Gasteiger partial charge on any atom is -0.300 e. The summed E-state index contributed by atoms with van der Waals surface area (Å²) in [4.78, 5) is 10.6. The molecule has 0 heterocycles. The second-order valence-electron chi connectivity index (χ2n) is 2.51. The average molecular weight is 145 g/mol. The van der Waals surface area contributed by atoms with Crippen molar-refractivity contribution in [3.8, 4) is 0 Å². The Bertz CT molecular complexity index is 144. The zero-order chi connectivity index (χ0) is 7.02. The number of rotatable bonds is 2. The van der Waals surface area contributed by atoms with Crippen LogP contribution in [-0.4, -0.2) is 5.78 Å². The first-order valence-corrected chi connectivity index (χ1v) is 3.35. The van der Waals surface area contributed by atoms with Crippen LogP contribution in [0, 0.1) is 11.8 Å². The molecule has 1 nitrogen and oxygen atoms in total. The Balaban J connectivity index is 2.42. The summed E-state index contributed by atoms with van der Waals surface area (Å²) in [7, 11) is 0. The smallest absolute Gasteiger partial charge is 0.133 e. The van der Waals surface area contributed by atoms with E-state index in [0.717, 1.165) is 6.42 Å². The van der Waals surface area contributed by atoms with Crippen LogP contribution in [0.3, 0.4) is 0 Å². The van der Waals surface area contributed by atoms with Gasteiger partial charge in [0.25, 0.3) is 0 Å². The van der Waals surface area contributed by atoms with E-state index >= 15 is 0 Å². The fraction of sp³-hybridized carbons (Fsp3) is 0.571. The molecule has 0 N–H and O–H groups in total. The molecule has 0 aliphatic heterocycles. The summed E-state index contributed by atoms with van der Waals surface area (Å²) in [5.74, 6) is 0.709. The third kappa shape index (κ3) is 1.33. The van der Waals surface area contributed by atoms with Crippen molar-refractivity contribution in [3.05, 3.63) is 11.6 Å². The summed E-state index contributed by atoms with van der Waals surface area (Å²) < 4.78 is 0. The van der Waals surface area contributed by atoms with Gasteiger partial charge in [0, 0.05) is 16.9 Å². The second kappa shape index (κ2) is 2.14. The van der Waals surface area contributed by atoms with Crippen molar-refractivity contribution in [1.29, 1.82) is 0 Å². The van der Waals surface area contributed by atoms with E-state index in [4.69, 9.17) is 11.6 Å². The van der Waals surface area contributed by atoms with E-state index in [9.17, 15) is 4.79 Å². The molecule has 0 saturated heterocycles. The maximum Gasteiger partial charge on any atom is 0.133 e. The first-order chi connectivity index (χ1) is 4.13. The molecular weight excluding hydrogens is 136 g/mol. The van der Waals surface area contributed by atoms with Crippen LogP contribution in [-0.2, 0) is 4.79 Å². The summed E-state index contributed by atoms with van der Waals surface area (Å²) >= 11 is 5.57. The van der Waals surface area contributed by atoms with Crippen molar-refractivity contribution in [2.45, 2.75) is 13.3 Å². The van der Waals surface area contributed by atoms with Gasteiger partial charge in [0.15, 0.2) is 0 Å². The predicted molar refractivity (Wildman–Crippen MR) is 37.3 cm³/mol. The van der Waals surface area contributed by atoms with E-state index in [1.54, 1.807) is 6.92 Å². The minimum absolute atomic E-state index is 0.190. The molecule has 0 radical (unpaired) electrons. The number of hydrogen-bond acceptors (Lipinski definition) is 1. The lowest BCUT2D eigenvalue weighted by Gasteiger charge is -1.88. The van der Waals surface area contributed by atoms with Gasteiger partial charge in [-0.05, 0) is 13.3 Å². The number of allylic oxidation sites excluding steroid dienone is 1. The summed E-state index contributed by atoms with van der Waals surface area (Å²) in [6.45, 7) is 5.16. The van der Waals surface area contributed by atoms with Gasteiger partial charge in [0.1, 0.15) is 5.78 Å². The van der Waals surface area contributed by atoms with Gasteiger partial charge in [-0.1, -0.05) is 18.2 Å². The van der Waals surface area contributed by atoms with Gasteiger partial charge in [-0.15, -0.1) is 0 Å². The lowest BCUT2D eigenvalue weighted by atomic mass is 10.2. The topological polar surface area (TPSA) is 17.1 Å². The highest BCUT2D eigenvalue weighted by atomic mass is 35.5. The van der Waals surface area contributed by atoms with Gasteiger partial charge in [-0.3, -0.25) is 4.79 Å². The fourth-order valence-corrected chi connectivity index (χ4v) is 1.23. The first kappa shape index (κ1) is 6.81. The first-order valence-electron chi connectivity index (χ1n) is 2.97. The summed E-state index contributed by atoms with van der Waals surface area (Å²) in [5.41, 5.74) is 0. The molecule has 0 spiro atoms. The van der Waals surface area contributed by atoms with E-state index in [0.29, 0.717) is 5.03 Å². The highest BCUT2D eigenvalue weighted by molar-refractivity contribution is 6.30. The Kier molecular flexibility index (Phi) is 1.62. The largest absolute Gasteiger partial charge is 0.300 e. The van der Waals surface area contributed by atoms with Gasteiger partial charge in [0.2, 0.25) is 0 Å². The highest BCUT2D eigenvalue weighted by Crippen LogP contribution is 2.45. The van der Waals surface area contributed by atoms with Gasteiger partial charge in [-0.2, -0.15) is 0 Å². The number of carbonyl (C=O) groups excluding carboxylic acids is 1. The molecule has 9 heavy (non-hydrogen) atoms. The number of hydrogen-bond donors (Lipinski definition) is 0. The fourth-order valence-electron chi connectivity index (χ4n) is 0.990. The Hall–Kier alpha value is -0.300. The molecule has 2 unspecified atom stereocenters. The summed E-state index contributed by atoms with van der Waals surface area (Å²) in [5, 5.41) is 0.634. The van der Waals surface area contributed by atoms with Crippen LogP contribution in [0.4, 0.5) is 0 Å². The monoisotopic (exact) mass is 144 g/mol. The van der Waals surface area contributed by atoms with E-state index < -0.39 is 0 Å². The van der Waals surface area contributed by atoms with Gasteiger partial charge >= 0.3 is 0 Å². The number of Topliss-reactive ketones (excluding diaryl/α,β-unsaturated/α-hetero) is 1. The zero-order valence-electron chi connectivity index (χ0n) is 5.36. The minimum atomic E-state index is 0.190. The molecule has 0 aromatic heterocycles. The second-order valence-corrected chi connectivity index (χ2v) is 2.99. The van der Waals surface area contributed by atoms with Crippen LogP contribution in [0.2, 0.25) is 0 Å². The van der Waals surface area contributed by atoms with E-state index in [1.165, 1.54) is 0 Å². The molecule has 0 aromatic carbocycles. The molecule has 1 aliphatic carbocycles. The van der Waals surface area contributed by atoms with Crippen molar-refractivity contribution in [3.63, 3.8) is 0 Å². The lowest BCUT2D eigenvalue weighted by Crippen LogP contribution is -1.94. The van der Waals surface area contributed by atoms with E-state index in [2.05, 4.69) is 6.58 Å². The Morgan fingerprint density at radius 1 is 1.67 bits per heavy atom. The molecule has 50 valence electrons. The third-order valence-electron chi connectivity index (χ3n) is 1.71. The Morgan fingerprint density at radius 3 is 2.33 bits per heavy atom. The maximum atomic E-state index is 10.6.